The van der Waals surface area contributed by atoms with E-state index < -0.39 is 0 Å². The summed E-state index contributed by atoms with van der Waals surface area (Å²) in [5.41, 5.74) is 3.78. The maximum Gasteiger partial charge on any atom is 0.290 e. The average Bonchev–Trinajstić information content (AvgIpc) is 3.50. The van der Waals surface area contributed by atoms with Crippen molar-refractivity contribution in [3.63, 3.8) is 0 Å². The van der Waals surface area contributed by atoms with E-state index in [2.05, 4.69) is 26.7 Å². The van der Waals surface area contributed by atoms with Gasteiger partial charge in [0.05, 0.1) is 10.6 Å². The molecule has 5 rings (SSSR count). The third-order valence-electron chi connectivity index (χ3n) is 6.98. The number of carbonyl (C=O) groups is 2. The standard InChI is InChI=1S/C28H28FN3O2S2/c29-23-13-20(12-22(15-23)21-9-11-35-17-21)3-1-2-18-4-6-19(7-5-18)14-26-30-10-8-24(31-26)16-25-27(33)32-28(34)36-25/h8-13,15-19H,1-7,14H2,(H,32,33,34)/b25-16-. The van der Waals surface area contributed by atoms with Crippen LogP contribution < -0.4 is 5.32 Å². The van der Waals surface area contributed by atoms with E-state index in [9.17, 15) is 14.0 Å². The molecule has 1 aliphatic carbocycles. The van der Waals surface area contributed by atoms with Gasteiger partial charge >= 0.3 is 0 Å². The first-order valence-electron chi connectivity index (χ1n) is 12.4. The van der Waals surface area contributed by atoms with Crippen LogP contribution in [0.2, 0.25) is 0 Å². The molecule has 8 heteroatoms. The highest BCUT2D eigenvalue weighted by atomic mass is 32.2. The first-order valence-corrected chi connectivity index (χ1v) is 14.2. The van der Waals surface area contributed by atoms with Crippen LogP contribution in [0.5, 0.6) is 0 Å². The summed E-state index contributed by atoms with van der Waals surface area (Å²) in [5, 5.41) is 6.00. The molecule has 1 saturated carbocycles. The van der Waals surface area contributed by atoms with Gasteiger partial charge in [-0.1, -0.05) is 25.3 Å². The minimum Gasteiger partial charge on any atom is -0.282 e. The Balaban J connectivity index is 1.08. The summed E-state index contributed by atoms with van der Waals surface area (Å²) in [6, 6.07) is 9.21. The monoisotopic (exact) mass is 521 g/mol. The fraction of sp³-hybridized carbons (Fsp3) is 0.357. The molecule has 3 aromatic rings. The highest BCUT2D eigenvalue weighted by Gasteiger charge is 2.25. The summed E-state index contributed by atoms with van der Waals surface area (Å²) in [5.74, 6) is 1.54. The van der Waals surface area contributed by atoms with Crippen LogP contribution in [0, 0.1) is 17.7 Å². The van der Waals surface area contributed by atoms with E-state index in [0.29, 0.717) is 16.5 Å². The van der Waals surface area contributed by atoms with Crippen LogP contribution in [-0.4, -0.2) is 21.1 Å². The Kier molecular flexibility index (Phi) is 7.92. The predicted octanol–water partition coefficient (Wildman–Crippen LogP) is 7.04. The number of benzene rings is 1. The van der Waals surface area contributed by atoms with E-state index in [1.54, 1.807) is 41.8 Å². The smallest absolute Gasteiger partial charge is 0.282 e. The van der Waals surface area contributed by atoms with Crippen molar-refractivity contribution in [2.75, 3.05) is 0 Å². The van der Waals surface area contributed by atoms with Crippen molar-refractivity contribution in [2.45, 2.75) is 51.4 Å². The minimum absolute atomic E-state index is 0.157. The zero-order valence-electron chi connectivity index (χ0n) is 19.9. The molecule has 0 bridgehead atoms. The number of amides is 2. The molecule has 36 heavy (non-hydrogen) atoms. The van der Waals surface area contributed by atoms with E-state index in [1.807, 2.05) is 11.4 Å². The fourth-order valence-electron chi connectivity index (χ4n) is 5.12. The lowest BCUT2D eigenvalue weighted by Gasteiger charge is -2.28. The molecule has 0 unspecified atom stereocenters. The number of aromatic nitrogens is 2. The Morgan fingerprint density at radius 3 is 2.64 bits per heavy atom. The lowest BCUT2D eigenvalue weighted by Crippen LogP contribution is -2.18. The Bertz CT molecular complexity index is 1270. The van der Waals surface area contributed by atoms with Gasteiger partial charge in [-0.2, -0.15) is 11.3 Å². The van der Waals surface area contributed by atoms with Gasteiger partial charge in [-0.15, -0.1) is 0 Å². The molecule has 3 heterocycles. The quantitative estimate of drug-likeness (QED) is 0.322. The topological polar surface area (TPSA) is 72.0 Å². The van der Waals surface area contributed by atoms with Gasteiger partial charge < -0.3 is 0 Å². The molecule has 1 aliphatic heterocycles. The van der Waals surface area contributed by atoms with Crippen LogP contribution in [0.1, 0.15) is 55.6 Å². The lowest BCUT2D eigenvalue weighted by atomic mass is 9.78. The molecule has 1 saturated heterocycles. The van der Waals surface area contributed by atoms with Crippen molar-refractivity contribution in [1.82, 2.24) is 15.3 Å². The van der Waals surface area contributed by atoms with Crippen molar-refractivity contribution in [3.8, 4) is 11.1 Å². The Labute approximate surface area is 218 Å². The third kappa shape index (κ3) is 6.48. The largest absolute Gasteiger partial charge is 0.290 e. The van der Waals surface area contributed by atoms with E-state index >= 15 is 0 Å². The van der Waals surface area contributed by atoms with Crippen LogP contribution in [0.15, 0.2) is 52.2 Å². The van der Waals surface area contributed by atoms with E-state index in [4.69, 9.17) is 0 Å². The molecule has 2 amide bonds. The number of halogens is 1. The zero-order valence-corrected chi connectivity index (χ0v) is 21.5. The molecule has 2 aliphatic rings. The summed E-state index contributed by atoms with van der Waals surface area (Å²) in [4.78, 5) is 32.5. The van der Waals surface area contributed by atoms with Crippen molar-refractivity contribution in [2.24, 2.45) is 11.8 Å². The SMILES string of the molecule is O=C1NC(=O)/C(=C/c2ccnc(CC3CCC(CCCc4cc(F)cc(-c5ccsc5)c4)CC3)n2)S1. The van der Waals surface area contributed by atoms with Gasteiger partial charge in [0, 0.05) is 12.6 Å². The van der Waals surface area contributed by atoms with E-state index in [-0.39, 0.29) is 17.0 Å². The number of aryl methyl sites for hydroxylation is 1. The summed E-state index contributed by atoms with van der Waals surface area (Å²) in [6.45, 7) is 0. The second kappa shape index (κ2) is 11.5. The molecule has 1 aromatic carbocycles. The summed E-state index contributed by atoms with van der Waals surface area (Å²) < 4.78 is 14.1. The Morgan fingerprint density at radius 2 is 1.89 bits per heavy atom. The van der Waals surface area contributed by atoms with E-state index in [0.717, 1.165) is 72.3 Å². The normalized spacial score (nSPS) is 21.2. The zero-order chi connectivity index (χ0) is 24.9. The van der Waals surface area contributed by atoms with Gasteiger partial charge in [-0.25, -0.2) is 14.4 Å². The van der Waals surface area contributed by atoms with E-state index in [1.165, 1.54) is 19.3 Å². The molecule has 2 fully saturated rings. The maximum atomic E-state index is 14.1. The van der Waals surface area contributed by atoms with Gasteiger partial charge in [-0.3, -0.25) is 14.9 Å². The maximum absolute atomic E-state index is 14.1. The predicted molar refractivity (Wildman–Crippen MR) is 143 cm³/mol. The fourth-order valence-corrected chi connectivity index (χ4v) is 6.45. The minimum atomic E-state index is -0.371. The van der Waals surface area contributed by atoms with Crippen LogP contribution >= 0.6 is 23.1 Å². The number of hydrogen-bond acceptors (Lipinski definition) is 6. The van der Waals surface area contributed by atoms with Crippen LogP contribution in [-0.2, 0) is 17.6 Å². The number of thioether (sulfide) groups is 1. The van der Waals surface area contributed by atoms with Crippen LogP contribution in [0.25, 0.3) is 17.2 Å². The number of hydrogen-bond donors (Lipinski definition) is 1. The first-order chi connectivity index (χ1) is 17.5. The molecule has 186 valence electrons. The summed E-state index contributed by atoms with van der Waals surface area (Å²) in [7, 11) is 0. The second-order valence-electron chi connectivity index (χ2n) is 9.59. The molecule has 0 spiro atoms. The third-order valence-corrected chi connectivity index (χ3v) is 8.47. The van der Waals surface area contributed by atoms with Gasteiger partial charge in [-0.05, 0) is 107 Å². The van der Waals surface area contributed by atoms with Crippen molar-refractivity contribution >= 4 is 40.3 Å². The van der Waals surface area contributed by atoms with Crippen LogP contribution in [0.4, 0.5) is 9.18 Å². The molecule has 0 atom stereocenters. The number of imide groups is 1. The van der Waals surface area contributed by atoms with Crippen molar-refractivity contribution in [1.29, 1.82) is 0 Å². The van der Waals surface area contributed by atoms with Crippen LogP contribution in [0.3, 0.4) is 0 Å². The van der Waals surface area contributed by atoms with Gasteiger partial charge in [0.2, 0.25) is 0 Å². The van der Waals surface area contributed by atoms with Gasteiger partial charge in [0.1, 0.15) is 11.6 Å². The number of nitrogens with one attached hydrogen (secondary N) is 1. The number of nitrogens with zero attached hydrogens (tertiary/aromatic N) is 2. The molecule has 1 N–H and O–H groups in total. The molecule has 5 nitrogen and oxygen atoms in total. The first kappa shape index (κ1) is 24.8. The molecular formula is C28H28FN3O2S2. The highest BCUT2D eigenvalue weighted by molar-refractivity contribution is 8.18. The van der Waals surface area contributed by atoms with Gasteiger partial charge in [0.15, 0.2) is 0 Å². The average molecular weight is 522 g/mol. The Morgan fingerprint density at radius 1 is 1.06 bits per heavy atom. The van der Waals surface area contributed by atoms with Gasteiger partial charge in [0.25, 0.3) is 11.1 Å². The number of carbonyl (C=O) groups excluding carboxylic acids is 2. The molecular weight excluding hydrogens is 493 g/mol. The summed E-state index contributed by atoms with van der Waals surface area (Å²) in [6.07, 6.45) is 12.1. The van der Waals surface area contributed by atoms with Crippen molar-refractivity contribution in [3.05, 3.63) is 75.1 Å². The highest BCUT2D eigenvalue weighted by Crippen LogP contribution is 2.34. The molecule has 2 aromatic heterocycles. The number of rotatable bonds is 8. The summed E-state index contributed by atoms with van der Waals surface area (Å²) >= 11 is 2.53. The Hall–Kier alpha value is -2.84. The lowest BCUT2D eigenvalue weighted by molar-refractivity contribution is -0.115. The second-order valence-corrected chi connectivity index (χ2v) is 11.4. The van der Waals surface area contributed by atoms with Crippen molar-refractivity contribution < 1.29 is 14.0 Å². The molecule has 0 radical (unpaired) electrons. The number of thiophene rings is 1.